The monoisotopic (exact) mass is 266 g/mol. The molecule has 0 spiro atoms. The predicted molar refractivity (Wildman–Crippen MR) is 66.9 cm³/mol. The van der Waals surface area contributed by atoms with Gasteiger partial charge in [0.2, 0.25) is 0 Å². The molecule has 0 radical (unpaired) electrons. The van der Waals surface area contributed by atoms with Crippen LogP contribution in [0.3, 0.4) is 0 Å². The molecule has 0 aliphatic carbocycles. The van der Waals surface area contributed by atoms with Gasteiger partial charge in [-0.25, -0.2) is 8.78 Å². The summed E-state index contributed by atoms with van der Waals surface area (Å²) in [4.78, 5) is 10.5. The molecule has 0 fully saturated rings. The van der Waals surface area contributed by atoms with E-state index in [-0.39, 0.29) is 16.1 Å². The first-order valence-corrected chi connectivity index (χ1v) is 5.61. The van der Waals surface area contributed by atoms with E-state index in [1.165, 1.54) is 18.2 Å². The Balaban J connectivity index is 2.62. The van der Waals surface area contributed by atoms with Crippen LogP contribution >= 0.6 is 11.6 Å². The molecule has 4 heteroatoms. The zero-order valence-electron chi connectivity index (χ0n) is 9.51. The van der Waals surface area contributed by atoms with E-state index in [0.29, 0.717) is 17.4 Å². The lowest BCUT2D eigenvalue weighted by atomic mass is 10.0. The van der Waals surface area contributed by atoms with Gasteiger partial charge in [-0.1, -0.05) is 23.7 Å². The first kappa shape index (κ1) is 12.7. The van der Waals surface area contributed by atoms with Crippen LogP contribution in [0.2, 0.25) is 5.02 Å². The first-order chi connectivity index (χ1) is 8.52. The Morgan fingerprint density at radius 2 is 1.78 bits per heavy atom. The Kier molecular flexibility index (Phi) is 3.43. The number of halogens is 3. The van der Waals surface area contributed by atoms with E-state index in [2.05, 4.69) is 0 Å². The van der Waals surface area contributed by atoms with Gasteiger partial charge in [0.05, 0.1) is 5.02 Å². The third kappa shape index (κ3) is 2.27. The second-order valence-electron chi connectivity index (χ2n) is 3.94. The van der Waals surface area contributed by atoms with Crippen LogP contribution in [-0.2, 0) is 0 Å². The highest BCUT2D eigenvalue weighted by Gasteiger charge is 2.12. The highest BCUT2D eigenvalue weighted by Crippen LogP contribution is 2.32. The molecule has 0 aromatic heterocycles. The fourth-order valence-corrected chi connectivity index (χ4v) is 1.94. The van der Waals surface area contributed by atoms with Crippen LogP contribution in [0.5, 0.6) is 0 Å². The molecule has 0 bridgehead atoms. The van der Waals surface area contributed by atoms with Crippen LogP contribution in [0.4, 0.5) is 8.78 Å². The number of carbonyl (C=O) groups is 1. The number of hydrogen-bond donors (Lipinski definition) is 0. The molecule has 0 aliphatic heterocycles. The molecular formula is C14H9ClF2O. The highest BCUT2D eigenvalue weighted by atomic mass is 35.5. The van der Waals surface area contributed by atoms with Gasteiger partial charge >= 0.3 is 0 Å². The summed E-state index contributed by atoms with van der Waals surface area (Å²) < 4.78 is 27.1. The third-order valence-corrected chi connectivity index (χ3v) is 2.98. The van der Waals surface area contributed by atoms with Gasteiger partial charge in [0.1, 0.15) is 17.9 Å². The molecule has 2 rings (SSSR count). The fourth-order valence-electron chi connectivity index (χ4n) is 1.69. The van der Waals surface area contributed by atoms with E-state index >= 15 is 0 Å². The highest BCUT2D eigenvalue weighted by molar-refractivity contribution is 6.33. The second kappa shape index (κ2) is 4.86. The fraction of sp³-hybridized carbons (Fsp3) is 0.0714. The number of rotatable bonds is 2. The number of carbonyl (C=O) groups excluding carboxylic acids is 1. The lowest BCUT2D eigenvalue weighted by Crippen LogP contribution is -1.91. The van der Waals surface area contributed by atoms with Gasteiger partial charge in [0, 0.05) is 16.7 Å². The maximum atomic E-state index is 13.8. The summed E-state index contributed by atoms with van der Waals surface area (Å²) >= 11 is 5.91. The zero-order valence-corrected chi connectivity index (χ0v) is 10.3. The Hall–Kier alpha value is -1.74. The van der Waals surface area contributed by atoms with Crippen molar-refractivity contribution in [3.63, 3.8) is 0 Å². The molecular weight excluding hydrogens is 258 g/mol. The van der Waals surface area contributed by atoms with Gasteiger partial charge in [0.15, 0.2) is 0 Å². The maximum Gasteiger partial charge on any atom is 0.150 e. The van der Waals surface area contributed by atoms with Gasteiger partial charge in [-0.2, -0.15) is 0 Å². The number of aryl methyl sites for hydroxylation is 1. The largest absolute Gasteiger partial charge is 0.298 e. The summed E-state index contributed by atoms with van der Waals surface area (Å²) in [6.45, 7) is 1.58. The molecule has 92 valence electrons. The zero-order chi connectivity index (χ0) is 13.3. The van der Waals surface area contributed by atoms with E-state index in [4.69, 9.17) is 11.6 Å². The molecule has 0 N–H and O–H groups in total. The minimum atomic E-state index is -0.562. The number of hydrogen-bond acceptors (Lipinski definition) is 1. The Bertz CT molecular complexity index is 623. The number of aldehydes is 1. The van der Waals surface area contributed by atoms with Crippen molar-refractivity contribution in [2.24, 2.45) is 0 Å². The topological polar surface area (TPSA) is 17.1 Å². The van der Waals surface area contributed by atoms with E-state index in [0.717, 1.165) is 12.1 Å². The Morgan fingerprint density at radius 3 is 2.39 bits per heavy atom. The lowest BCUT2D eigenvalue weighted by Gasteiger charge is -2.08. The average molecular weight is 267 g/mol. The van der Waals surface area contributed by atoms with Gasteiger partial charge in [-0.05, 0) is 30.7 Å². The Labute approximate surface area is 108 Å². The SMILES string of the molecule is Cc1cc(-c2ccc(C=O)cc2F)c(Cl)cc1F. The minimum absolute atomic E-state index is 0.135. The van der Waals surface area contributed by atoms with Crippen molar-refractivity contribution in [3.05, 3.63) is 58.1 Å². The van der Waals surface area contributed by atoms with Gasteiger partial charge in [-0.15, -0.1) is 0 Å². The maximum absolute atomic E-state index is 13.8. The molecule has 18 heavy (non-hydrogen) atoms. The molecule has 0 atom stereocenters. The van der Waals surface area contributed by atoms with Crippen molar-refractivity contribution in [1.29, 1.82) is 0 Å². The van der Waals surface area contributed by atoms with Crippen molar-refractivity contribution in [3.8, 4) is 11.1 Å². The van der Waals surface area contributed by atoms with Gasteiger partial charge in [0.25, 0.3) is 0 Å². The van der Waals surface area contributed by atoms with Crippen LogP contribution in [0.25, 0.3) is 11.1 Å². The molecule has 0 amide bonds. The van der Waals surface area contributed by atoms with Crippen LogP contribution in [0.1, 0.15) is 15.9 Å². The molecule has 2 aromatic rings. The van der Waals surface area contributed by atoms with Crippen molar-refractivity contribution in [2.75, 3.05) is 0 Å². The third-order valence-electron chi connectivity index (χ3n) is 2.67. The van der Waals surface area contributed by atoms with Crippen LogP contribution in [0, 0.1) is 18.6 Å². The minimum Gasteiger partial charge on any atom is -0.298 e. The average Bonchev–Trinajstić information content (AvgIpc) is 2.34. The van der Waals surface area contributed by atoms with Crippen molar-refractivity contribution < 1.29 is 13.6 Å². The van der Waals surface area contributed by atoms with Crippen LogP contribution < -0.4 is 0 Å². The summed E-state index contributed by atoms with van der Waals surface area (Å²) in [5, 5.41) is 0.135. The Morgan fingerprint density at radius 1 is 1.06 bits per heavy atom. The van der Waals surface area contributed by atoms with Crippen molar-refractivity contribution >= 4 is 17.9 Å². The van der Waals surface area contributed by atoms with Crippen LogP contribution in [0.15, 0.2) is 30.3 Å². The molecule has 1 nitrogen and oxygen atoms in total. The molecule has 0 saturated carbocycles. The van der Waals surface area contributed by atoms with Crippen LogP contribution in [-0.4, -0.2) is 6.29 Å². The lowest BCUT2D eigenvalue weighted by molar-refractivity contribution is 0.112. The molecule has 0 saturated heterocycles. The smallest absolute Gasteiger partial charge is 0.150 e. The summed E-state index contributed by atoms with van der Waals surface area (Å²) in [6, 6.07) is 6.70. The normalized spacial score (nSPS) is 10.4. The first-order valence-electron chi connectivity index (χ1n) is 5.23. The summed E-state index contributed by atoms with van der Waals surface area (Å²) in [5.74, 6) is -0.999. The second-order valence-corrected chi connectivity index (χ2v) is 4.35. The van der Waals surface area contributed by atoms with E-state index in [9.17, 15) is 13.6 Å². The molecule has 0 heterocycles. The van der Waals surface area contributed by atoms with Gasteiger partial charge < -0.3 is 0 Å². The quantitative estimate of drug-likeness (QED) is 0.736. The molecule has 2 aromatic carbocycles. The summed E-state index contributed by atoms with van der Waals surface area (Å²) in [7, 11) is 0. The number of benzene rings is 2. The molecule has 0 unspecified atom stereocenters. The van der Waals surface area contributed by atoms with E-state index < -0.39 is 11.6 Å². The van der Waals surface area contributed by atoms with Crippen molar-refractivity contribution in [1.82, 2.24) is 0 Å². The van der Waals surface area contributed by atoms with Crippen molar-refractivity contribution in [2.45, 2.75) is 6.92 Å². The predicted octanol–water partition coefficient (Wildman–Crippen LogP) is 4.41. The van der Waals surface area contributed by atoms with E-state index in [1.807, 2.05) is 0 Å². The summed E-state index contributed by atoms with van der Waals surface area (Å²) in [5.41, 5.74) is 1.28. The van der Waals surface area contributed by atoms with E-state index in [1.54, 1.807) is 6.92 Å². The summed E-state index contributed by atoms with van der Waals surface area (Å²) in [6.07, 6.45) is 0.560. The standard InChI is InChI=1S/C14H9ClF2O/c1-8-4-11(12(15)6-13(8)16)10-3-2-9(7-18)5-14(10)17/h2-7H,1H3. The van der Waals surface area contributed by atoms with Gasteiger partial charge in [-0.3, -0.25) is 4.79 Å². The molecule has 0 aliphatic rings.